The van der Waals surface area contributed by atoms with Crippen molar-refractivity contribution in [3.05, 3.63) is 17.7 Å². The van der Waals surface area contributed by atoms with Gasteiger partial charge in [-0.3, -0.25) is 9.69 Å². The summed E-state index contributed by atoms with van der Waals surface area (Å²) < 4.78 is 16.3. The second kappa shape index (κ2) is 7.32. The molecule has 0 spiro atoms. The predicted molar refractivity (Wildman–Crippen MR) is 94.7 cm³/mol. The van der Waals surface area contributed by atoms with Crippen LogP contribution in [0.3, 0.4) is 0 Å². The van der Waals surface area contributed by atoms with E-state index in [1.54, 1.807) is 7.11 Å². The number of ether oxygens (including phenoxy) is 3. The van der Waals surface area contributed by atoms with Crippen molar-refractivity contribution in [2.24, 2.45) is 5.92 Å². The number of aliphatic carboxylic acids is 1. The molecule has 1 aliphatic heterocycles. The highest BCUT2D eigenvalue weighted by Crippen LogP contribution is 2.42. The highest BCUT2D eigenvalue weighted by atomic mass is 16.7. The Kier molecular flexibility index (Phi) is 4.91. The minimum atomic E-state index is -0.727. The summed E-state index contributed by atoms with van der Waals surface area (Å²) in [6, 6.07) is 4.76. The molecule has 0 radical (unpaired) electrons. The van der Waals surface area contributed by atoms with E-state index in [2.05, 4.69) is 10.2 Å². The minimum Gasteiger partial charge on any atom is -0.493 e. The number of benzene rings is 1. The number of hydrogen-bond donors (Lipinski definition) is 2. The molecule has 1 aromatic rings. The van der Waals surface area contributed by atoms with Crippen molar-refractivity contribution < 1.29 is 24.1 Å². The third-order valence-corrected chi connectivity index (χ3v) is 5.47. The van der Waals surface area contributed by atoms with Gasteiger partial charge in [0.1, 0.15) is 0 Å². The average molecular weight is 362 g/mol. The molecule has 1 heterocycles. The molecule has 2 saturated carbocycles. The highest BCUT2D eigenvalue weighted by Gasteiger charge is 2.36. The molecule has 26 heavy (non-hydrogen) atoms. The topological polar surface area (TPSA) is 80.3 Å². The molecule has 142 valence electrons. The lowest BCUT2D eigenvalue weighted by atomic mass is 9.85. The molecule has 1 aromatic carbocycles. The molecular weight excluding hydrogens is 336 g/mol. The first-order chi connectivity index (χ1) is 12.6. The van der Waals surface area contributed by atoms with Crippen molar-refractivity contribution in [1.29, 1.82) is 0 Å². The molecule has 0 bridgehead atoms. The molecule has 7 heteroatoms. The van der Waals surface area contributed by atoms with Crippen LogP contribution in [0.5, 0.6) is 17.2 Å². The Labute approximate surface area is 153 Å². The quantitative estimate of drug-likeness (QED) is 0.694. The number of nitrogens with zero attached hydrogens (tertiary/aromatic N) is 1. The lowest BCUT2D eigenvalue weighted by Crippen LogP contribution is -2.54. The molecule has 4 rings (SSSR count). The van der Waals surface area contributed by atoms with E-state index < -0.39 is 5.97 Å². The zero-order valence-corrected chi connectivity index (χ0v) is 15.1. The fourth-order valence-electron chi connectivity index (χ4n) is 3.75. The van der Waals surface area contributed by atoms with Gasteiger partial charge in [-0.2, -0.15) is 0 Å². The SMILES string of the molecule is COc1cc(CNC2CC(N(CC(=O)O)CC3CC3)C2)cc2c1OCO2. The maximum absolute atomic E-state index is 11.1. The highest BCUT2D eigenvalue weighted by molar-refractivity contribution is 5.69. The number of rotatable bonds is 9. The summed E-state index contributed by atoms with van der Waals surface area (Å²) in [7, 11) is 1.63. The molecule has 0 atom stereocenters. The molecule has 3 aliphatic rings. The second-order valence-corrected chi connectivity index (χ2v) is 7.50. The summed E-state index contributed by atoms with van der Waals surface area (Å²) in [5.41, 5.74) is 1.09. The first-order valence-electron chi connectivity index (χ1n) is 9.28. The molecule has 0 amide bonds. The summed E-state index contributed by atoms with van der Waals surface area (Å²) in [4.78, 5) is 13.3. The van der Waals surface area contributed by atoms with Gasteiger partial charge in [0.15, 0.2) is 11.5 Å². The maximum Gasteiger partial charge on any atom is 0.317 e. The van der Waals surface area contributed by atoms with Crippen LogP contribution >= 0.6 is 0 Å². The van der Waals surface area contributed by atoms with Crippen LogP contribution in [-0.4, -0.2) is 55.1 Å². The van der Waals surface area contributed by atoms with Crippen LogP contribution in [0.2, 0.25) is 0 Å². The van der Waals surface area contributed by atoms with Gasteiger partial charge in [-0.1, -0.05) is 0 Å². The lowest BCUT2D eigenvalue weighted by Gasteiger charge is -2.43. The molecule has 0 saturated heterocycles. The number of carboxylic acids is 1. The van der Waals surface area contributed by atoms with Crippen molar-refractivity contribution in [2.45, 2.75) is 44.3 Å². The summed E-state index contributed by atoms with van der Waals surface area (Å²) >= 11 is 0. The Bertz CT molecular complexity index is 670. The van der Waals surface area contributed by atoms with Crippen LogP contribution in [0.15, 0.2) is 12.1 Å². The van der Waals surface area contributed by atoms with E-state index in [4.69, 9.17) is 19.3 Å². The average Bonchev–Trinajstić information content (AvgIpc) is 3.25. The van der Waals surface area contributed by atoms with Crippen molar-refractivity contribution in [2.75, 3.05) is 27.0 Å². The van der Waals surface area contributed by atoms with Gasteiger partial charge < -0.3 is 24.6 Å². The summed E-state index contributed by atoms with van der Waals surface area (Å²) in [6.45, 7) is 2.05. The standard InChI is InChI=1S/C19H26N2O5/c1-24-16-4-13(5-17-19(16)26-11-25-17)8-20-14-6-15(7-14)21(10-18(22)23)9-12-2-3-12/h4-5,12,14-15,20H,2-3,6-11H2,1H3,(H,22,23). The summed E-state index contributed by atoms with van der Waals surface area (Å²) in [6.07, 6.45) is 4.50. The lowest BCUT2D eigenvalue weighted by molar-refractivity contribution is -0.139. The van der Waals surface area contributed by atoms with Gasteiger partial charge in [-0.25, -0.2) is 0 Å². The van der Waals surface area contributed by atoms with Gasteiger partial charge in [-0.05, 0) is 49.3 Å². The molecule has 2 fully saturated rings. The fraction of sp³-hybridized carbons (Fsp3) is 0.632. The van der Waals surface area contributed by atoms with E-state index in [1.165, 1.54) is 12.8 Å². The van der Waals surface area contributed by atoms with Crippen molar-refractivity contribution in [3.63, 3.8) is 0 Å². The second-order valence-electron chi connectivity index (χ2n) is 7.50. The largest absolute Gasteiger partial charge is 0.493 e. The van der Waals surface area contributed by atoms with Gasteiger partial charge in [0.25, 0.3) is 0 Å². The van der Waals surface area contributed by atoms with Crippen LogP contribution < -0.4 is 19.5 Å². The van der Waals surface area contributed by atoms with Crippen LogP contribution in [0.4, 0.5) is 0 Å². The molecular formula is C19H26N2O5. The van der Waals surface area contributed by atoms with E-state index >= 15 is 0 Å². The molecule has 0 unspecified atom stereocenters. The smallest absolute Gasteiger partial charge is 0.317 e. The van der Waals surface area contributed by atoms with Crippen LogP contribution in [0.1, 0.15) is 31.2 Å². The maximum atomic E-state index is 11.1. The monoisotopic (exact) mass is 362 g/mol. The van der Waals surface area contributed by atoms with Gasteiger partial charge in [0.05, 0.1) is 13.7 Å². The Balaban J connectivity index is 1.28. The van der Waals surface area contributed by atoms with Crippen molar-refractivity contribution in [3.8, 4) is 17.2 Å². The number of carbonyl (C=O) groups is 1. The molecule has 7 nitrogen and oxygen atoms in total. The van der Waals surface area contributed by atoms with Gasteiger partial charge >= 0.3 is 5.97 Å². The first-order valence-corrected chi connectivity index (χ1v) is 9.28. The Morgan fingerprint density at radius 1 is 1.35 bits per heavy atom. The first kappa shape index (κ1) is 17.4. The Morgan fingerprint density at radius 3 is 2.85 bits per heavy atom. The van der Waals surface area contributed by atoms with Gasteiger partial charge in [-0.15, -0.1) is 0 Å². The van der Waals surface area contributed by atoms with E-state index in [9.17, 15) is 4.79 Å². The van der Waals surface area contributed by atoms with Crippen LogP contribution in [0.25, 0.3) is 0 Å². The van der Waals surface area contributed by atoms with E-state index in [1.807, 2.05) is 12.1 Å². The Morgan fingerprint density at radius 2 is 2.15 bits per heavy atom. The van der Waals surface area contributed by atoms with E-state index in [0.717, 1.165) is 37.2 Å². The molecule has 0 aromatic heterocycles. The Hall–Kier alpha value is -1.99. The number of hydrogen-bond acceptors (Lipinski definition) is 6. The fourth-order valence-corrected chi connectivity index (χ4v) is 3.75. The predicted octanol–water partition coefficient (Wildman–Crippen LogP) is 1.84. The minimum absolute atomic E-state index is 0.160. The normalized spacial score (nSPS) is 23.8. The van der Waals surface area contributed by atoms with Gasteiger partial charge in [0, 0.05) is 25.2 Å². The molecule has 2 N–H and O–H groups in total. The number of fused-ring (bicyclic) bond motifs is 1. The third kappa shape index (κ3) is 3.88. The van der Waals surface area contributed by atoms with Crippen LogP contribution in [0, 0.1) is 5.92 Å². The van der Waals surface area contributed by atoms with Gasteiger partial charge in [0.2, 0.25) is 12.5 Å². The van der Waals surface area contributed by atoms with Crippen molar-refractivity contribution in [1.82, 2.24) is 10.2 Å². The van der Waals surface area contributed by atoms with E-state index in [0.29, 0.717) is 29.5 Å². The third-order valence-electron chi connectivity index (χ3n) is 5.47. The summed E-state index contributed by atoms with van der Waals surface area (Å²) in [5.74, 6) is 2.08. The van der Waals surface area contributed by atoms with Crippen LogP contribution in [-0.2, 0) is 11.3 Å². The summed E-state index contributed by atoms with van der Waals surface area (Å²) in [5, 5.41) is 12.7. The van der Waals surface area contributed by atoms with E-state index in [-0.39, 0.29) is 13.3 Å². The number of carboxylic acid groups (broad SMARTS) is 1. The van der Waals surface area contributed by atoms with Crippen molar-refractivity contribution >= 4 is 5.97 Å². The number of methoxy groups -OCH3 is 1. The number of nitrogens with one attached hydrogen (secondary N) is 1. The zero-order chi connectivity index (χ0) is 18.1. The molecule has 2 aliphatic carbocycles. The zero-order valence-electron chi connectivity index (χ0n) is 15.1.